The zero-order chi connectivity index (χ0) is 21.1. The van der Waals surface area contributed by atoms with E-state index in [2.05, 4.69) is 10.1 Å². The lowest BCUT2D eigenvalue weighted by molar-refractivity contribution is 0.247. The van der Waals surface area contributed by atoms with Gasteiger partial charge < -0.3 is 4.52 Å². The molecule has 0 radical (unpaired) electrons. The second-order valence-corrected chi connectivity index (χ2v) is 9.75. The standard InChI is InChI=1S/C22H24FN3O3S/c1-16-5-2-3-7-20(16)22-24-21(29-25-22)13-18-6-4-12-26(14-18)30(27,28)15-17-8-10-19(23)11-9-17/h2-3,5,7-11,18H,4,6,12-15H2,1H3. The quantitative estimate of drug-likeness (QED) is 0.593. The molecular weight excluding hydrogens is 405 g/mol. The number of halogens is 1. The maximum absolute atomic E-state index is 13.1. The van der Waals surface area contributed by atoms with Crippen molar-refractivity contribution in [3.63, 3.8) is 0 Å². The molecule has 0 bridgehead atoms. The summed E-state index contributed by atoms with van der Waals surface area (Å²) in [5.74, 6) is 0.694. The van der Waals surface area contributed by atoms with E-state index >= 15 is 0 Å². The molecule has 1 unspecified atom stereocenters. The van der Waals surface area contributed by atoms with E-state index in [1.54, 1.807) is 0 Å². The number of hydrogen-bond acceptors (Lipinski definition) is 5. The molecule has 2 heterocycles. The monoisotopic (exact) mass is 429 g/mol. The van der Waals surface area contributed by atoms with Gasteiger partial charge in [0.15, 0.2) is 0 Å². The molecule has 30 heavy (non-hydrogen) atoms. The van der Waals surface area contributed by atoms with E-state index in [1.165, 1.54) is 28.6 Å². The number of aromatic nitrogens is 2. The van der Waals surface area contributed by atoms with E-state index in [1.807, 2.05) is 31.2 Å². The Morgan fingerprint density at radius 1 is 1.17 bits per heavy atom. The maximum atomic E-state index is 13.1. The molecule has 0 saturated carbocycles. The molecule has 6 nitrogen and oxygen atoms in total. The van der Waals surface area contributed by atoms with Crippen LogP contribution in [0.15, 0.2) is 53.1 Å². The summed E-state index contributed by atoms with van der Waals surface area (Å²) in [6.07, 6.45) is 2.23. The Morgan fingerprint density at radius 3 is 2.70 bits per heavy atom. The lowest BCUT2D eigenvalue weighted by Gasteiger charge is -2.31. The summed E-state index contributed by atoms with van der Waals surface area (Å²) in [5, 5.41) is 4.09. The van der Waals surface area contributed by atoms with Gasteiger partial charge in [-0.25, -0.2) is 17.1 Å². The van der Waals surface area contributed by atoms with E-state index in [9.17, 15) is 12.8 Å². The van der Waals surface area contributed by atoms with E-state index in [4.69, 9.17) is 4.52 Å². The molecule has 2 aromatic carbocycles. The van der Waals surface area contributed by atoms with Crippen LogP contribution in [0.1, 0.15) is 29.9 Å². The smallest absolute Gasteiger partial charge is 0.227 e. The van der Waals surface area contributed by atoms with Gasteiger partial charge in [0.2, 0.25) is 21.7 Å². The molecule has 158 valence electrons. The summed E-state index contributed by atoms with van der Waals surface area (Å²) in [5.41, 5.74) is 2.58. The molecule has 0 aliphatic carbocycles. The van der Waals surface area contributed by atoms with Gasteiger partial charge in [0.25, 0.3) is 0 Å². The fourth-order valence-corrected chi connectivity index (χ4v) is 5.49. The van der Waals surface area contributed by atoms with Gasteiger partial charge in [-0.15, -0.1) is 0 Å². The van der Waals surface area contributed by atoms with Crippen LogP contribution in [0.2, 0.25) is 0 Å². The van der Waals surface area contributed by atoms with Crippen molar-refractivity contribution in [2.75, 3.05) is 13.1 Å². The highest BCUT2D eigenvalue weighted by atomic mass is 32.2. The molecule has 1 fully saturated rings. The van der Waals surface area contributed by atoms with Gasteiger partial charge in [0.05, 0.1) is 5.75 Å². The largest absolute Gasteiger partial charge is 0.339 e. The van der Waals surface area contributed by atoms with E-state index in [0.717, 1.165) is 24.0 Å². The van der Waals surface area contributed by atoms with Crippen LogP contribution in [0.5, 0.6) is 0 Å². The Kier molecular flexibility index (Phi) is 5.97. The highest BCUT2D eigenvalue weighted by Crippen LogP contribution is 2.26. The molecule has 0 amide bonds. The van der Waals surface area contributed by atoms with E-state index in [0.29, 0.717) is 36.8 Å². The highest BCUT2D eigenvalue weighted by Gasteiger charge is 2.30. The average Bonchev–Trinajstić information content (AvgIpc) is 3.18. The normalized spacial score (nSPS) is 17.9. The van der Waals surface area contributed by atoms with Crippen molar-refractivity contribution in [3.8, 4) is 11.4 Å². The van der Waals surface area contributed by atoms with Crippen molar-refractivity contribution in [1.82, 2.24) is 14.4 Å². The Hall–Kier alpha value is -2.58. The van der Waals surface area contributed by atoms with Crippen molar-refractivity contribution < 1.29 is 17.3 Å². The fraction of sp³-hybridized carbons (Fsp3) is 0.364. The Labute approximate surface area is 175 Å². The minimum Gasteiger partial charge on any atom is -0.339 e. The van der Waals surface area contributed by atoms with Gasteiger partial charge in [0, 0.05) is 25.1 Å². The second kappa shape index (κ2) is 8.65. The van der Waals surface area contributed by atoms with Crippen molar-refractivity contribution in [2.45, 2.75) is 31.9 Å². The maximum Gasteiger partial charge on any atom is 0.227 e. The molecular formula is C22H24FN3O3S. The Bertz CT molecular complexity index is 1110. The first-order valence-corrected chi connectivity index (χ1v) is 11.6. The lowest BCUT2D eigenvalue weighted by atomic mass is 9.96. The number of piperidine rings is 1. The summed E-state index contributed by atoms with van der Waals surface area (Å²) in [6, 6.07) is 13.4. The van der Waals surface area contributed by atoms with E-state index in [-0.39, 0.29) is 17.5 Å². The number of aryl methyl sites for hydroxylation is 1. The number of nitrogens with zero attached hydrogens (tertiary/aromatic N) is 3. The number of sulfonamides is 1. The molecule has 8 heteroatoms. The van der Waals surface area contributed by atoms with Crippen molar-refractivity contribution in [3.05, 3.63) is 71.4 Å². The lowest BCUT2D eigenvalue weighted by Crippen LogP contribution is -2.41. The van der Waals surface area contributed by atoms with E-state index < -0.39 is 10.0 Å². The molecule has 1 aliphatic rings. The van der Waals surface area contributed by atoms with Crippen molar-refractivity contribution in [2.24, 2.45) is 5.92 Å². The highest BCUT2D eigenvalue weighted by molar-refractivity contribution is 7.88. The third-order valence-corrected chi connectivity index (χ3v) is 7.27. The molecule has 1 atom stereocenters. The zero-order valence-electron chi connectivity index (χ0n) is 16.8. The summed E-state index contributed by atoms with van der Waals surface area (Å²) in [7, 11) is -3.47. The van der Waals surface area contributed by atoms with Crippen LogP contribution in [-0.2, 0) is 22.2 Å². The molecule has 1 aromatic heterocycles. The van der Waals surface area contributed by atoms with Crippen molar-refractivity contribution in [1.29, 1.82) is 0 Å². The van der Waals surface area contributed by atoms with Crippen LogP contribution >= 0.6 is 0 Å². The first-order chi connectivity index (χ1) is 14.4. The van der Waals surface area contributed by atoms with Gasteiger partial charge in [0.1, 0.15) is 5.82 Å². The molecule has 3 aromatic rings. The predicted octanol–water partition coefficient (Wildman–Crippen LogP) is 3.97. The van der Waals surface area contributed by atoms with Crippen molar-refractivity contribution >= 4 is 10.0 Å². The third kappa shape index (κ3) is 4.76. The SMILES string of the molecule is Cc1ccccc1-c1noc(CC2CCCN(S(=O)(=O)Cc3ccc(F)cc3)C2)n1. The summed E-state index contributed by atoms with van der Waals surface area (Å²) >= 11 is 0. The fourth-order valence-electron chi connectivity index (χ4n) is 3.85. The van der Waals surface area contributed by atoms with Crippen LogP contribution in [0, 0.1) is 18.7 Å². The molecule has 1 aliphatic heterocycles. The first kappa shape index (κ1) is 20.7. The molecule has 4 rings (SSSR count). The predicted molar refractivity (Wildman–Crippen MR) is 111 cm³/mol. The Morgan fingerprint density at radius 2 is 1.93 bits per heavy atom. The van der Waals surface area contributed by atoms with Gasteiger partial charge in [-0.3, -0.25) is 0 Å². The Balaban J connectivity index is 1.42. The van der Waals surface area contributed by atoms with Gasteiger partial charge in [-0.05, 0) is 48.9 Å². The molecule has 0 N–H and O–H groups in total. The van der Waals surface area contributed by atoms with Crippen LogP contribution in [0.3, 0.4) is 0 Å². The summed E-state index contributed by atoms with van der Waals surface area (Å²) < 4.78 is 45.7. The third-order valence-electron chi connectivity index (χ3n) is 5.45. The zero-order valence-corrected chi connectivity index (χ0v) is 17.6. The first-order valence-electron chi connectivity index (χ1n) is 10.0. The number of benzene rings is 2. The minimum absolute atomic E-state index is 0.118. The number of rotatable bonds is 6. The molecule has 0 spiro atoms. The van der Waals surface area contributed by atoms with Crippen LogP contribution in [-0.4, -0.2) is 36.0 Å². The molecule has 1 saturated heterocycles. The average molecular weight is 430 g/mol. The van der Waals surface area contributed by atoms with Gasteiger partial charge >= 0.3 is 0 Å². The summed E-state index contributed by atoms with van der Waals surface area (Å²) in [4.78, 5) is 4.52. The topological polar surface area (TPSA) is 76.3 Å². The summed E-state index contributed by atoms with van der Waals surface area (Å²) in [6.45, 7) is 2.92. The van der Waals surface area contributed by atoms with Crippen LogP contribution < -0.4 is 0 Å². The van der Waals surface area contributed by atoms with Gasteiger partial charge in [-0.1, -0.05) is 41.6 Å². The van der Waals surface area contributed by atoms with Crippen LogP contribution in [0.25, 0.3) is 11.4 Å². The minimum atomic E-state index is -3.47. The van der Waals surface area contributed by atoms with Crippen LogP contribution in [0.4, 0.5) is 4.39 Å². The van der Waals surface area contributed by atoms with Gasteiger partial charge in [-0.2, -0.15) is 4.98 Å². The number of hydrogen-bond donors (Lipinski definition) is 0. The second-order valence-electron chi connectivity index (χ2n) is 7.78.